The molecule has 2 heteroatoms. The summed E-state index contributed by atoms with van der Waals surface area (Å²) in [5, 5.41) is 0. The zero-order chi connectivity index (χ0) is 16.2. The lowest BCUT2D eigenvalue weighted by atomic mass is 9.74. The van der Waals surface area contributed by atoms with Crippen molar-refractivity contribution in [2.75, 3.05) is 4.90 Å². The second-order valence-corrected chi connectivity index (χ2v) is 7.71. The molecule has 0 aromatic heterocycles. The summed E-state index contributed by atoms with van der Waals surface area (Å²) in [5.41, 5.74) is 5.90. The lowest BCUT2D eigenvalue weighted by molar-refractivity contribution is 0.269. The number of hydrogen-bond acceptors (Lipinski definition) is 2. The maximum absolute atomic E-state index is 2.53. The van der Waals surface area contributed by atoms with Crippen molar-refractivity contribution >= 4 is 5.69 Å². The highest BCUT2D eigenvalue weighted by Crippen LogP contribution is 2.54. The minimum Gasteiger partial charge on any atom is -0.328 e. The standard InChI is InChI=1S/C21H28N2/c1-15-9-5-8-12-19(15)23-16(2)20-21(4,18-10-6-7-11-18)13-14-22(20)17(23)3/h5,8-9,12-14,17-18H,6-7,10-11H2,1-4H3. The molecule has 23 heavy (non-hydrogen) atoms. The topological polar surface area (TPSA) is 6.48 Å². The number of anilines is 1. The monoisotopic (exact) mass is 308 g/mol. The zero-order valence-electron chi connectivity index (χ0n) is 14.8. The van der Waals surface area contributed by atoms with E-state index in [0.29, 0.717) is 6.17 Å². The Kier molecular flexibility index (Phi) is 3.33. The molecule has 1 saturated carbocycles. The Hall–Kier alpha value is -1.70. The number of hydrogen-bond donors (Lipinski definition) is 0. The second kappa shape index (κ2) is 5.15. The maximum Gasteiger partial charge on any atom is 0.107 e. The molecule has 0 N–H and O–H groups in total. The molecule has 1 aromatic rings. The van der Waals surface area contributed by atoms with Gasteiger partial charge in [-0.05, 0) is 51.2 Å². The van der Waals surface area contributed by atoms with Crippen molar-refractivity contribution in [1.82, 2.24) is 4.90 Å². The van der Waals surface area contributed by atoms with Crippen molar-refractivity contribution in [3.63, 3.8) is 0 Å². The molecule has 0 radical (unpaired) electrons. The highest BCUT2D eigenvalue weighted by atomic mass is 15.4. The van der Waals surface area contributed by atoms with Crippen LogP contribution in [-0.2, 0) is 0 Å². The Labute approximate surface area is 140 Å². The van der Waals surface area contributed by atoms with Gasteiger partial charge in [0, 0.05) is 28.7 Å². The molecule has 1 aromatic carbocycles. The molecule has 2 unspecified atom stereocenters. The van der Waals surface area contributed by atoms with Crippen LogP contribution >= 0.6 is 0 Å². The molecule has 1 aliphatic carbocycles. The van der Waals surface area contributed by atoms with Gasteiger partial charge in [-0.2, -0.15) is 0 Å². The Morgan fingerprint density at radius 2 is 1.78 bits per heavy atom. The quantitative estimate of drug-likeness (QED) is 0.720. The molecule has 4 rings (SSSR count). The molecule has 1 fully saturated rings. The Morgan fingerprint density at radius 1 is 1.09 bits per heavy atom. The summed E-state index contributed by atoms with van der Waals surface area (Å²) in [4.78, 5) is 5.04. The van der Waals surface area contributed by atoms with Crippen LogP contribution in [0.3, 0.4) is 0 Å². The van der Waals surface area contributed by atoms with E-state index in [1.54, 1.807) is 5.70 Å². The van der Waals surface area contributed by atoms with Crippen LogP contribution in [0, 0.1) is 18.3 Å². The highest BCUT2D eigenvalue weighted by Gasteiger charge is 2.49. The first-order valence-electron chi connectivity index (χ1n) is 9.08. The van der Waals surface area contributed by atoms with Crippen molar-refractivity contribution in [3.05, 3.63) is 53.5 Å². The van der Waals surface area contributed by atoms with Gasteiger partial charge >= 0.3 is 0 Å². The fourth-order valence-electron chi connectivity index (χ4n) is 5.14. The minimum atomic E-state index is 0.215. The maximum atomic E-state index is 2.53. The third-order valence-electron chi connectivity index (χ3n) is 6.41. The van der Waals surface area contributed by atoms with Crippen LogP contribution < -0.4 is 4.90 Å². The van der Waals surface area contributed by atoms with Gasteiger partial charge in [-0.3, -0.25) is 0 Å². The summed E-state index contributed by atoms with van der Waals surface area (Å²) in [6, 6.07) is 8.76. The van der Waals surface area contributed by atoms with E-state index in [0.717, 1.165) is 5.92 Å². The fraction of sp³-hybridized carbons (Fsp3) is 0.524. The summed E-state index contributed by atoms with van der Waals surface area (Å²) < 4.78 is 0. The fourth-order valence-corrected chi connectivity index (χ4v) is 5.14. The van der Waals surface area contributed by atoms with Gasteiger partial charge < -0.3 is 9.80 Å². The average Bonchev–Trinajstić information content (AvgIpc) is 3.22. The first kappa shape index (κ1) is 14.9. The third-order valence-corrected chi connectivity index (χ3v) is 6.41. The zero-order valence-corrected chi connectivity index (χ0v) is 14.8. The smallest absolute Gasteiger partial charge is 0.107 e. The van der Waals surface area contributed by atoms with Gasteiger partial charge in [0.15, 0.2) is 0 Å². The molecule has 3 aliphatic rings. The van der Waals surface area contributed by atoms with Crippen LogP contribution in [0.5, 0.6) is 0 Å². The molecule has 2 aliphatic heterocycles. The largest absolute Gasteiger partial charge is 0.328 e. The highest BCUT2D eigenvalue weighted by molar-refractivity contribution is 5.62. The predicted molar refractivity (Wildman–Crippen MR) is 96.9 cm³/mol. The Bertz CT molecular complexity index is 681. The van der Waals surface area contributed by atoms with Crippen molar-refractivity contribution in [3.8, 4) is 0 Å². The number of benzene rings is 1. The molecule has 2 nitrogen and oxygen atoms in total. The van der Waals surface area contributed by atoms with Gasteiger partial charge in [-0.15, -0.1) is 0 Å². The van der Waals surface area contributed by atoms with Gasteiger partial charge in [0.25, 0.3) is 0 Å². The number of nitrogens with zero attached hydrogens (tertiary/aromatic N) is 2. The molecule has 0 amide bonds. The van der Waals surface area contributed by atoms with Gasteiger partial charge in [-0.25, -0.2) is 0 Å². The van der Waals surface area contributed by atoms with E-state index in [4.69, 9.17) is 0 Å². The Morgan fingerprint density at radius 3 is 2.48 bits per heavy atom. The van der Waals surface area contributed by atoms with Crippen molar-refractivity contribution in [2.24, 2.45) is 11.3 Å². The van der Waals surface area contributed by atoms with Crippen LogP contribution in [0.15, 0.2) is 47.9 Å². The normalized spacial score (nSPS) is 30.7. The van der Waals surface area contributed by atoms with Gasteiger partial charge in [0.2, 0.25) is 0 Å². The van der Waals surface area contributed by atoms with E-state index in [1.807, 2.05) is 0 Å². The van der Waals surface area contributed by atoms with E-state index in [9.17, 15) is 0 Å². The first-order valence-corrected chi connectivity index (χ1v) is 9.08. The van der Waals surface area contributed by atoms with E-state index >= 15 is 0 Å². The van der Waals surface area contributed by atoms with Crippen LogP contribution in [0.4, 0.5) is 5.69 Å². The third kappa shape index (κ3) is 2.00. The van der Waals surface area contributed by atoms with E-state index in [1.165, 1.54) is 42.6 Å². The Balaban J connectivity index is 1.79. The average molecular weight is 308 g/mol. The van der Waals surface area contributed by atoms with Gasteiger partial charge in [-0.1, -0.05) is 44.0 Å². The van der Waals surface area contributed by atoms with Crippen molar-refractivity contribution in [1.29, 1.82) is 0 Å². The summed E-state index contributed by atoms with van der Waals surface area (Å²) in [6.45, 7) is 9.33. The van der Waals surface area contributed by atoms with E-state index in [-0.39, 0.29) is 5.41 Å². The molecule has 122 valence electrons. The molecule has 0 bridgehead atoms. The molecular formula is C21H28N2. The number of para-hydroxylation sites is 1. The number of allylic oxidation sites excluding steroid dienone is 2. The van der Waals surface area contributed by atoms with Crippen LogP contribution in [0.2, 0.25) is 0 Å². The number of aryl methyl sites for hydroxylation is 1. The van der Waals surface area contributed by atoms with Crippen LogP contribution in [-0.4, -0.2) is 11.1 Å². The molecule has 2 heterocycles. The summed E-state index contributed by atoms with van der Waals surface area (Å²) in [7, 11) is 0. The summed E-state index contributed by atoms with van der Waals surface area (Å²) in [6.07, 6.45) is 10.8. The van der Waals surface area contributed by atoms with Crippen molar-refractivity contribution in [2.45, 2.75) is 59.5 Å². The van der Waals surface area contributed by atoms with Gasteiger partial charge in [0.1, 0.15) is 6.17 Å². The summed E-state index contributed by atoms with van der Waals surface area (Å²) >= 11 is 0. The van der Waals surface area contributed by atoms with E-state index in [2.05, 4.69) is 74.0 Å². The minimum absolute atomic E-state index is 0.215. The summed E-state index contributed by atoms with van der Waals surface area (Å²) in [5.74, 6) is 0.803. The second-order valence-electron chi connectivity index (χ2n) is 7.71. The number of rotatable bonds is 2. The first-order chi connectivity index (χ1) is 11.0. The molecule has 0 saturated heterocycles. The lowest BCUT2D eigenvalue weighted by Gasteiger charge is -2.33. The predicted octanol–water partition coefficient (Wildman–Crippen LogP) is 5.42. The van der Waals surface area contributed by atoms with Crippen LogP contribution in [0.25, 0.3) is 0 Å². The molecular weight excluding hydrogens is 280 g/mol. The molecule has 0 spiro atoms. The van der Waals surface area contributed by atoms with Crippen molar-refractivity contribution < 1.29 is 0 Å². The van der Waals surface area contributed by atoms with Crippen LogP contribution in [0.1, 0.15) is 52.0 Å². The lowest BCUT2D eigenvalue weighted by Crippen LogP contribution is -2.35. The number of fused-ring (bicyclic) bond motifs is 1. The SMILES string of the molecule is CC1=C2N(C=CC2(C)C2CCCC2)C(C)N1c1ccccc1C. The van der Waals surface area contributed by atoms with Gasteiger partial charge in [0.05, 0.1) is 0 Å². The molecule has 2 atom stereocenters. The van der Waals surface area contributed by atoms with E-state index < -0.39 is 0 Å².